The van der Waals surface area contributed by atoms with Crippen LogP contribution in [0.1, 0.15) is 0 Å². The molecule has 3 rings (SSSR count). The normalized spacial score (nSPS) is 12.4. The Balaban J connectivity index is 2.07. The van der Waals surface area contributed by atoms with Gasteiger partial charge in [-0.15, -0.1) is 0 Å². The molecule has 3 aromatic rings. The van der Waals surface area contributed by atoms with E-state index in [1.54, 1.807) is 6.20 Å². The summed E-state index contributed by atoms with van der Waals surface area (Å²) in [6, 6.07) is 19.2. The quantitative estimate of drug-likeness (QED) is 0.700. The predicted molar refractivity (Wildman–Crippen MR) is 72.9 cm³/mol. The van der Waals surface area contributed by atoms with Gasteiger partial charge in [0.1, 0.15) is 0 Å². The van der Waals surface area contributed by atoms with Gasteiger partial charge in [0, 0.05) is 16.5 Å². The Kier molecular flexibility index (Phi) is 2.90. The molecule has 0 amide bonds. The molecule has 1 unspecified atom stereocenters. The van der Waals surface area contributed by atoms with Crippen molar-refractivity contribution in [2.24, 2.45) is 0 Å². The molecule has 1 aromatic heterocycles. The number of aromatic nitrogens is 1. The fraction of sp³-hybridized carbons (Fsp3) is 0. The van der Waals surface area contributed by atoms with Gasteiger partial charge in [-0.05, 0) is 24.3 Å². The minimum absolute atomic E-state index is 0.736. The number of para-hydroxylation sites is 1. The van der Waals surface area contributed by atoms with Gasteiger partial charge in [-0.2, -0.15) is 0 Å². The first-order valence-corrected chi connectivity index (χ1v) is 6.81. The number of hydrogen-bond acceptors (Lipinski definition) is 2. The molecule has 0 aliphatic heterocycles. The molecule has 1 heterocycles. The highest BCUT2D eigenvalue weighted by Gasteiger charge is 2.07. The maximum Gasteiger partial charge on any atom is 0.0865 e. The molecule has 88 valence electrons. The SMILES string of the molecule is O=S(c1ccccc1)c1cnc2ccccc2c1. The van der Waals surface area contributed by atoms with E-state index in [0.29, 0.717) is 0 Å². The van der Waals surface area contributed by atoms with Gasteiger partial charge in [0.15, 0.2) is 0 Å². The molecular weight excluding hydrogens is 242 g/mol. The summed E-state index contributed by atoms with van der Waals surface area (Å²) in [7, 11) is -1.17. The summed E-state index contributed by atoms with van der Waals surface area (Å²) in [4.78, 5) is 5.87. The van der Waals surface area contributed by atoms with Crippen molar-refractivity contribution in [2.75, 3.05) is 0 Å². The second-order valence-electron chi connectivity index (χ2n) is 3.95. The van der Waals surface area contributed by atoms with Gasteiger partial charge in [0.05, 0.1) is 21.2 Å². The molecule has 0 saturated carbocycles. The zero-order chi connectivity index (χ0) is 12.4. The lowest BCUT2D eigenvalue weighted by atomic mass is 10.2. The molecular formula is C15H11NOS. The molecule has 3 heteroatoms. The standard InChI is InChI=1S/C15H11NOS/c17-18(13-7-2-1-3-8-13)14-10-12-6-4-5-9-15(12)16-11-14/h1-11H. The molecule has 0 radical (unpaired) electrons. The Hall–Kier alpha value is -2.00. The van der Waals surface area contributed by atoms with E-state index in [1.165, 1.54) is 0 Å². The van der Waals surface area contributed by atoms with Gasteiger partial charge >= 0.3 is 0 Å². The Morgan fingerprint density at radius 3 is 2.39 bits per heavy atom. The first-order valence-electron chi connectivity index (χ1n) is 5.66. The third-order valence-electron chi connectivity index (χ3n) is 2.74. The van der Waals surface area contributed by atoms with Gasteiger partial charge in [0.25, 0.3) is 0 Å². The Bertz CT molecular complexity index is 710. The van der Waals surface area contributed by atoms with Crippen molar-refractivity contribution >= 4 is 21.7 Å². The van der Waals surface area contributed by atoms with Crippen LogP contribution < -0.4 is 0 Å². The van der Waals surface area contributed by atoms with Crippen molar-refractivity contribution < 1.29 is 4.21 Å². The van der Waals surface area contributed by atoms with Crippen LogP contribution in [-0.2, 0) is 10.8 Å². The molecule has 0 saturated heterocycles. The number of rotatable bonds is 2. The third kappa shape index (κ3) is 2.05. The molecule has 0 bridgehead atoms. The van der Waals surface area contributed by atoms with E-state index in [9.17, 15) is 4.21 Å². The summed E-state index contributed by atoms with van der Waals surface area (Å²) >= 11 is 0. The summed E-state index contributed by atoms with van der Waals surface area (Å²) < 4.78 is 12.4. The lowest BCUT2D eigenvalue weighted by Crippen LogP contribution is -1.93. The second-order valence-corrected chi connectivity index (χ2v) is 5.43. The van der Waals surface area contributed by atoms with Crippen LogP contribution in [0, 0.1) is 0 Å². The van der Waals surface area contributed by atoms with Crippen LogP contribution in [-0.4, -0.2) is 9.19 Å². The van der Waals surface area contributed by atoms with Gasteiger partial charge in [-0.1, -0.05) is 36.4 Å². The molecule has 2 aromatic carbocycles. The van der Waals surface area contributed by atoms with E-state index in [2.05, 4.69) is 4.98 Å². The van der Waals surface area contributed by atoms with Crippen molar-refractivity contribution in [3.05, 3.63) is 66.9 Å². The van der Waals surface area contributed by atoms with Crippen molar-refractivity contribution in [3.63, 3.8) is 0 Å². The van der Waals surface area contributed by atoms with Crippen LogP contribution in [0.15, 0.2) is 76.7 Å². The van der Waals surface area contributed by atoms with Crippen LogP contribution in [0.3, 0.4) is 0 Å². The Labute approximate surface area is 108 Å². The van der Waals surface area contributed by atoms with E-state index in [-0.39, 0.29) is 0 Å². The fourth-order valence-electron chi connectivity index (χ4n) is 1.83. The smallest absolute Gasteiger partial charge is 0.0865 e. The van der Waals surface area contributed by atoms with Gasteiger partial charge in [0.2, 0.25) is 0 Å². The van der Waals surface area contributed by atoms with Crippen LogP contribution in [0.4, 0.5) is 0 Å². The molecule has 0 fully saturated rings. The summed E-state index contributed by atoms with van der Waals surface area (Å²) in [5.74, 6) is 0. The first-order chi connectivity index (χ1) is 8.84. The minimum Gasteiger partial charge on any atom is -0.255 e. The van der Waals surface area contributed by atoms with Crippen LogP contribution in [0.25, 0.3) is 10.9 Å². The van der Waals surface area contributed by atoms with Crippen molar-refractivity contribution in [2.45, 2.75) is 9.79 Å². The lowest BCUT2D eigenvalue weighted by molar-refractivity contribution is 0.683. The van der Waals surface area contributed by atoms with Crippen molar-refractivity contribution in [1.82, 2.24) is 4.98 Å². The summed E-state index contributed by atoms with van der Waals surface area (Å²) in [5, 5.41) is 1.01. The van der Waals surface area contributed by atoms with E-state index in [0.717, 1.165) is 20.7 Å². The molecule has 1 atom stereocenters. The Morgan fingerprint density at radius 2 is 1.56 bits per heavy atom. The van der Waals surface area contributed by atoms with Crippen LogP contribution in [0.5, 0.6) is 0 Å². The average molecular weight is 253 g/mol. The highest BCUT2D eigenvalue weighted by molar-refractivity contribution is 7.85. The lowest BCUT2D eigenvalue weighted by Gasteiger charge is -2.03. The molecule has 18 heavy (non-hydrogen) atoms. The van der Waals surface area contributed by atoms with Crippen molar-refractivity contribution in [3.8, 4) is 0 Å². The topological polar surface area (TPSA) is 30.0 Å². The van der Waals surface area contributed by atoms with Gasteiger partial charge < -0.3 is 0 Å². The van der Waals surface area contributed by atoms with E-state index in [1.807, 2.05) is 60.7 Å². The molecule has 0 aliphatic carbocycles. The number of fused-ring (bicyclic) bond motifs is 1. The highest BCUT2D eigenvalue weighted by Crippen LogP contribution is 2.19. The predicted octanol–water partition coefficient (Wildman–Crippen LogP) is 3.40. The fourth-order valence-corrected chi connectivity index (χ4v) is 2.89. The van der Waals surface area contributed by atoms with Crippen LogP contribution in [0.2, 0.25) is 0 Å². The average Bonchev–Trinajstić information content (AvgIpc) is 2.47. The second kappa shape index (κ2) is 4.70. The zero-order valence-corrected chi connectivity index (χ0v) is 10.4. The van der Waals surface area contributed by atoms with Crippen molar-refractivity contribution in [1.29, 1.82) is 0 Å². The molecule has 0 spiro atoms. The van der Waals surface area contributed by atoms with E-state index in [4.69, 9.17) is 0 Å². The van der Waals surface area contributed by atoms with Gasteiger partial charge in [-0.3, -0.25) is 4.98 Å². The van der Waals surface area contributed by atoms with Crippen LogP contribution >= 0.6 is 0 Å². The summed E-state index contributed by atoms with van der Waals surface area (Å²) in [6.07, 6.45) is 1.69. The minimum atomic E-state index is -1.17. The molecule has 0 N–H and O–H groups in total. The third-order valence-corrected chi connectivity index (χ3v) is 4.09. The first kappa shape index (κ1) is 11.1. The van der Waals surface area contributed by atoms with E-state index < -0.39 is 10.8 Å². The molecule has 0 aliphatic rings. The maximum atomic E-state index is 12.4. The Morgan fingerprint density at radius 1 is 0.833 bits per heavy atom. The number of nitrogens with zero attached hydrogens (tertiary/aromatic N) is 1. The number of hydrogen-bond donors (Lipinski definition) is 0. The van der Waals surface area contributed by atoms with Gasteiger partial charge in [-0.25, -0.2) is 4.21 Å². The maximum absolute atomic E-state index is 12.4. The molecule has 2 nitrogen and oxygen atoms in total. The number of pyridine rings is 1. The summed E-state index contributed by atoms with van der Waals surface area (Å²) in [6.45, 7) is 0. The monoisotopic (exact) mass is 253 g/mol. The highest BCUT2D eigenvalue weighted by atomic mass is 32.2. The zero-order valence-electron chi connectivity index (χ0n) is 9.61. The summed E-state index contributed by atoms with van der Waals surface area (Å²) in [5.41, 5.74) is 0.923. The largest absolute Gasteiger partial charge is 0.255 e. The van der Waals surface area contributed by atoms with E-state index >= 15 is 0 Å². The number of benzene rings is 2.